The number of methoxy groups -OCH3 is 1. The number of nitrogens with one attached hydrogen (secondary N) is 1. The van der Waals surface area contributed by atoms with Crippen LogP contribution in [-0.2, 0) is 19.4 Å². The molecule has 6 rings (SSSR count). The summed E-state index contributed by atoms with van der Waals surface area (Å²) in [7, 11) is 1.64. The van der Waals surface area contributed by atoms with Crippen LogP contribution in [0.3, 0.4) is 0 Å². The number of hydrogen-bond donors (Lipinski definition) is 1. The minimum Gasteiger partial charge on any atom is -0.497 e. The van der Waals surface area contributed by atoms with Crippen molar-refractivity contribution in [2.24, 2.45) is 0 Å². The van der Waals surface area contributed by atoms with Crippen LogP contribution >= 0.6 is 0 Å². The van der Waals surface area contributed by atoms with Crippen molar-refractivity contribution in [3.63, 3.8) is 0 Å². The number of aryl methyl sites for hydroxylation is 2. The highest BCUT2D eigenvalue weighted by Crippen LogP contribution is 2.30. The molecule has 2 aliphatic rings. The lowest BCUT2D eigenvalue weighted by molar-refractivity contribution is 0.0615. The number of aromatic amines is 1. The normalized spacial score (nSPS) is 16.4. The fraction of sp³-hybridized carbons (Fsp3) is 0.370. The molecule has 1 aliphatic heterocycles. The first-order valence-corrected chi connectivity index (χ1v) is 12.3. The summed E-state index contributed by atoms with van der Waals surface area (Å²) < 4.78 is 10.7. The molecule has 0 radical (unpaired) electrons. The van der Waals surface area contributed by atoms with Gasteiger partial charge < -0.3 is 19.1 Å². The third-order valence-electron chi connectivity index (χ3n) is 7.18. The zero-order valence-electron chi connectivity index (χ0n) is 19.9. The molecule has 1 saturated heterocycles. The minimum absolute atomic E-state index is 0.108. The molecule has 8 heteroatoms. The van der Waals surface area contributed by atoms with Crippen LogP contribution in [0.1, 0.15) is 40.3 Å². The summed E-state index contributed by atoms with van der Waals surface area (Å²) in [4.78, 5) is 25.6. The van der Waals surface area contributed by atoms with Crippen LogP contribution in [0.2, 0.25) is 0 Å². The molecule has 3 heterocycles. The Kier molecular flexibility index (Phi) is 5.74. The van der Waals surface area contributed by atoms with Crippen molar-refractivity contribution in [3.8, 4) is 17.1 Å². The molecule has 1 N–H and O–H groups in total. The Balaban J connectivity index is 1.08. The first-order valence-electron chi connectivity index (χ1n) is 12.3. The van der Waals surface area contributed by atoms with Crippen LogP contribution in [0.25, 0.3) is 22.3 Å². The van der Waals surface area contributed by atoms with Crippen molar-refractivity contribution in [1.29, 1.82) is 0 Å². The molecule has 4 aromatic rings. The number of amides is 1. The van der Waals surface area contributed by atoms with Crippen molar-refractivity contribution in [2.75, 3.05) is 33.3 Å². The summed E-state index contributed by atoms with van der Waals surface area (Å²) >= 11 is 0. The number of carbonyl (C=O) groups excluding carboxylic acids is 1. The number of piperazine rings is 1. The summed E-state index contributed by atoms with van der Waals surface area (Å²) in [6.07, 6.45) is 4.67. The van der Waals surface area contributed by atoms with Crippen molar-refractivity contribution in [3.05, 3.63) is 65.2 Å². The van der Waals surface area contributed by atoms with Crippen molar-refractivity contribution in [1.82, 2.24) is 24.9 Å². The maximum Gasteiger partial charge on any atom is 0.253 e. The smallest absolute Gasteiger partial charge is 0.253 e. The van der Waals surface area contributed by atoms with Crippen molar-refractivity contribution >= 4 is 16.8 Å². The van der Waals surface area contributed by atoms with Gasteiger partial charge >= 0.3 is 0 Å². The highest BCUT2D eigenvalue weighted by atomic mass is 16.5. The summed E-state index contributed by atoms with van der Waals surface area (Å²) in [5.74, 6) is 2.05. The molecular weight excluding hydrogens is 442 g/mol. The maximum atomic E-state index is 13.3. The van der Waals surface area contributed by atoms with E-state index < -0.39 is 0 Å². The second-order valence-electron chi connectivity index (χ2n) is 9.36. The maximum absolute atomic E-state index is 13.3. The van der Waals surface area contributed by atoms with Gasteiger partial charge in [0.05, 0.1) is 13.7 Å². The SMILES string of the molecule is COc1ccc(-c2noc(CN3CCN(C(=O)c4ccc5[nH]c6c(c5c4)CCCC6)CC3)n2)cc1. The first kappa shape index (κ1) is 21.9. The van der Waals surface area contributed by atoms with E-state index in [9.17, 15) is 4.79 Å². The summed E-state index contributed by atoms with van der Waals surface area (Å²) in [6.45, 7) is 3.48. The molecule has 180 valence electrons. The van der Waals surface area contributed by atoms with Crippen LogP contribution in [0.4, 0.5) is 0 Å². The molecule has 0 unspecified atom stereocenters. The number of aromatic nitrogens is 3. The molecular formula is C27H29N5O3. The van der Waals surface area contributed by atoms with E-state index in [2.05, 4.69) is 32.2 Å². The Bertz CT molecular complexity index is 1350. The number of benzene rings is 2. The monoisotopic (exact) mass is 471 g/mol. The molecule has 0 spiro atoms. The number of nitrogens with zero attached hydrogens (tertiary/aromatic N) is 4. The molecule has 0 saturated carbocycles. The number of ether oxygens (including phenoxy) is 1. The summed E-state index contributed by atoms with van der Waals surface area (Å²) in [6, 6.07) is 13.7. The lowest BCUT2D eigenvalue weighted by Gasteiger charge is -2.34. The molecule has 35 heavy (non-hydrogen) atoms. The molecule has 8 nitrogen and oxygen atoms in total. The van der Waals surface area contributed by atoms with Crippen LogP contribution < -0.4 is 4.74 Å². The molecule has 2 aromatic carbocycles. The van der Waals surface area contributed by atoms with E-state index in [1.807, 2.05) is 35.2 Å². The molecule has 1 aliphatic carbocycles. The summed E-state index contributed by atoms with van der Waals surface area (Å²) in [5.41, 5.74) is 5.56. The fourth-order valence-electron chi connectivity index (χ4n) is 5.20. The predicted molar refractivity (Wildman–Crippen MR) is 132 cm³/mol. The first-order chi connectivity index (χ1) is 17.2. The third kappa shape index (κ3) is 4.30. The topological polar surface area (TPSA) is 87.5 Å². The fourth-order valence-corrected chi connectivity index (χ4v) is 5.20. The van der Waals surface area contributed by atoms with Crippen LogP contribution in [-0.4, -0.2) is 64.1 Å². The zero-order chi connectivity index (χ0) is 23.8. The van der Waals surface area contributed by atoms with Crippen LogP contribution in [0.15, 0.2) is 47.0 Å². The van der Waals surface area contributed by atoms with Gasteiger partial charge in [-0.05, 0) is 73.7 Å². The van der Waals surface area contributed by atoms with E-state index in [0.29, 0.717) is 31.3 Å². The number of hydrogen-bond acceptors (Lipinski definition) is 6. The Morgan fingerprint density at radius 2 is 1.86 bits per heavy atom. The van der Waals surface area contributed by atoms with Gasteiger partial charge in [-0.2, -0.15) is 4.98 Å². The van der Waals surface area contributed by atoms with E-state index in [0.717, 1.165) is 48.3 Å². The van der Waals surface area contributed by atoms with Gasteiger partial charge in [-0.3, -0.25) is 9.69 Å². The summed E-state index contributed by atoms with van der Waals surface area (Å²) in [5, 5.41) is 5.34. The number of fused-ring (bicyclic) bond motifs is 3. The van der Waals surface area contributed by atoms with E-state index >= 15 is 0 Å². The van der Waals surface area contributed by atoms with Gasteiger partial charge in [0.15, 0.2) is 0 Å². The molecule has 0 atom stereocenters. The Hall–Kier alpha value is -3.65. The number of carbonyl (C=O) groups is 1. The van der Waals surface area contributed by atoms with E-state index in [1.165, 1.54) is 29.5 Å². The number of rotatable bonds is 5. The average molecular weight is 472 g/mol. The third-order valence-corrected chi connectivity index (χ3v) is 7.18. The molecule has 1 amide bonds. The van der Waals surface area contributed by atoms with Gasteiger partial charge in [-0.25, -0.2) is 0 Å². The van der Waals surface area contributed by atoms with Gasteiger partial charge in [-0.15, -0.1) is 0 Å². The second kappa shape index (κ2) is 9.19. The minimum atomic E-state index is 0.108. The van der Waals surface area contributed by atoms with Crippen LogP contribution in [0.5, 0.6) is 5.75 Å². The molecule has 2 aromatic heterocycles. The largest absolute Gasteiger partial charge is 0.497 e. The lowest BCUT2D eigenvalue weighted by Crippen LogP contribution is -2.48. The highest BCUT2D eigenvalue weighted by molar-refractivity contribution is 5.99. The molecule has 0 bridgehead atoms. The second-order valence-corrected chi connectivity index (χ2v) is 9.36. The van der Waals surface area contributed by atoms with E-state index in [-0.39, 0.29) is 5.91 Å². The van der Waals surface area contributed by atoms with Gasteiger partial charge in [0, 0.05) is 53.9 Å². The van der Waals surface area contributed by atoms with E-state index in [1.54, 1.807) is 7.11 Å². The van der Waals surface area contributed by atoms with Crippen LogP contribution in [0, 0.1) is 0 Å². The Labute approximate surface area is 203 Å². The quantitative estimate of drug-likeness (QED) is 0.472. The van der Waals surface area contributed by atoms with Gasteiger partial charge in [0.1, 0.15) is 5.75 Å². The highest BCUT2D eigenvalue weighted by Gasteiger charge is 2.24. The van der Waals surface area contributed by atoms with Crippen molar-refractivity contribution in [2.45, 2.75) is 32.2 Å². The van der Waals surface area contributed by atoms with Gasteiger partial charge in [0.25, 0.3) is 5.91 Å². The van der Waals surface area contributed by atoms with Gasteiger partial charge in [-0.1, -0.05) is 5.16 Å². The predicted octanol–water partition coefficient (Wildman–Crippen LogP) is 4.06. The lowest BCUT2D eigenvalue weighted by atomic mass is 9.95. The Morgan fingerprint density at radius 1 is 1.06 bits per heavy atom. The molecule has 1 fully saturated rings. The zero-order valence-corrected chi connectivity index (χ0v) is 19.9. The van der Waals surface area contributed by atoms with Crippen molar-refractivity contribution < 1.29 is 14.1 Å². The standard InChI is InChI=1S/C27H29N5O3/c1-34-20-9-6-18(7-10-20)26-29-25(35-30-26)17-31-12-14-32(15-13-31)27(33)19-8-11-24-22(16-19)21-4-2-3-5-23(21)28-24/h6-11,16,28H,2-5,12-15,17H2,1H3. The number of H-pyrrole nitrogens is 1. The van der Waals surface area contributed by atoms with Gasteiger partial charge in [0.2, 0.25) is 11.7 Å². The Morgan fingerprint density at radius 3 is 2.66 bits per heavy atom. The average Bonchev–Trinajstić information content (AvgIpc) is 3.53. The van der Waals surface area contributed by atoms with E-state index in [4.69, 9.17) is 9.26 Å².